The monoisotopic (exact) mass is 402 g/mol. The van der Waals surface area contributed by atoms with E-state index in [1.165, 1.54) is 0 Å². The van der Waals surface area contributed by atoms with Gasteiger partial charge >= 0.3 is 0 Å². The molecular weight excluding hydrogens is 396 g/mol. The molecule has 0 spiro atoms. The molecule has 4 rings (SSSR count). The average molecular weight is 404 g/mol. The van der Waals surface area contributed by atoms with Gasteiger partial charge in [0.15, 0.2) is 5.82 Å². The van der Waals surface area contributed by atoms with Crippen molar-refractivity contribution in [2.45, 2.75) is 0 Å². The Bertz CT molecular complexity index is 1000. The van der Waals surface area contributed by atoms with E-state index in [1.54, 1.807) is 47.5 Å². The highest BCUT2D eigenvalue weighted by Gasteiger charge is 2.19. The molecule has 0 fully saturated rings. The molecule has 0 unspecified atom stereocenters. The Morgan fingerprint density at radius 1 is 1.08 bits per heavy atom. The summed E-state index contributed by atoms with van der Waals surface area (Å²) in [5.41, 5.74) is 1.31. The van der Waals surface area contributed by atoms with Gasteiger partial charge in [0.05, 0.1) is 10.6 Å². The fourth-order valence-electron chi connectivity index (χ4n) is 2.13. The van der Waals surface area contributed by atoms with Crippen LogP contribution in [-0.2, 0) is 0 Å². The summed E-state index contributed by atoms with van der Waals surface area (Å²) in [6.07, 6.45) is 4.96. The van der Waals surface area contributed by atoms with E-state index < -0.39 is 0 Å². The number of rotatable bonds is 3. The molecule has 0 atom stereocenters. The number of nitrogens with zero attached hydrogens (tertiary/aromatic N) is 6. The van der Waals surface area contributed by atoms with E-state index in [4.69, 9.17) is 16.0 Å². The van der Waals surface area contributed by atoms with Crippen molar-refractivity contribution in [3.05, 3.63) is 58.5 Å². The average Bonchev–Trinajstić information content (AvgIpc) is 3.23. The largest absolute Gasteiger partial charge is 0.415 e. The van der Waals surface area contributed by atoms with Crippen molar-refractivity contribution >= 4 is 27.5 Å². The van der Waals surface area contributed by atoms with Crippen molar-refractivity contribution in [2.24, 2.45) is 0 Å². The molecule has 118 valence electrons. The van der Waals surface area contributed by atoms with Gasteiger partial charge in [-0.1, -0.05) is 11.6 Å². The molecule has 0 amide bonds. The smallest absolute Gasteiger partial charge is 0.266 e. The first-order chi connectivity index (χ1) is 11.7. The minimum atomic E-state index is 0.300. The number of hydrogen-bond acceptors (Lipinski definition) is 6. The Kier molecular flexibility index (Phi) is 3.83. The van der Waals surface area contributed by atoms with Crippen molar-refractivity contribution in [2.75, 3.05) is 0 Å². The van der Waals surface area contributed by atoms with Gasteiger partial charge in [-0.25, -0.2) is 9.67 Å². The van der Waals surface area contributed by atoms with Crippen LogP contribution < -0.4 is 0 Å². The van der Waals surface area contributed by atoms with E-state index in [2.05, 4.69) is 41.2 Å². The van der Waals surface area contributed by atoms with Crippen LogP contribution in [0.1, 0.15) is 0 Å². The van der Waals surface area contributed by atoms with Gasteiger partial charge in [-0.05, 0) is 40.2 Å². The molecule has 4 aromatic heterocycles. The number of pyridine rings is 2. The molecular formula is C15H8BrClN6O. The molecule has 0 aromatic carbocycles. The first-order valence-corrected chi connectivity index (χ1v) is 8.00. The highest BCUT2D eigenvalue weighted by atomic mass is 79.9. The van der Waals surface area contributed by atoms with Crippen LogP contribution >= 0.6 is 27.5 Å². The summed E-state index contributed by atoms with van der Waals surface area (Å²) in [6, 6.07) is 8.88. The second kappa shape index (κ2) is 6.14. The highest BCUT2D eigenvalue weighted by molar-refractivity contribution is 9.10. The second-order valence-corrected chi connectivity index (χ2v) is 5.95. The summed E-state index contributed by atoms with van der Waals surface area (Å²) in [5.74, 6) is 1.14. The molecule has 4 heterocycles. The Labute approximate surface area is 149 Å². The van der Waals surface area contributed by atoms with Crippen molar-refractivity contribution in [1.82, 2.24) is 29.9 Å². The van der Waals surface area contributed by atoms with Crippen LogP contribution in [0.15, 0.2) is 57.9 Å². The predicted octanol–water partition coefficient (Wildman–Crippen LogP) is 3.80. The minimum Gasteiger partial charge on any atom is -0.415 e. The number of halogens is 2. The zero-order chi connectivity index (χ0) is 16.5. The van der Waals surface area contributed by atoms with E-state index in [0.717, 1.165) is 5.56 Å². The van der Waals surface area contributed by atoms with Crippen molar-refractivity contribution in [1.29, 1.82) is 0 Å². The van der Waals surface area contributed by atoms with Crippen LogP contribution in [-0.4, -0.2) is 29.9 Å². The van der Waals surface area contributed by atoms with E-state index >= 15 is 0 Å². The lowest BCUT2D eigenvalue weighted by molar-refractivity contribution is 0.578. The second-order valence-electron chi connectivity index (χ2n) is 4.73. The molecule has 0 aliphatic carbocycles. The molecule has 7 nitrogen and oxygen atoms in total. The molecule has 0 aliphatic rings. The molecule has 0 saturated heterocycles. The molecule has 0 aliphatic heterocycles. The van der Waals surface area contributed by atoms with Gasteiger partial charge in [-0.3, -0.25) is 4.98 Å². The number of hydrogen-bond donors (Lipinski definition) is 0. The molecule has 9 heteroatoms. The fraction of sp³-hybridized carbons (Fsp3) is 0. The van der Waals surface area contributed by atoms with Crippen molar-refractivity contribution < 1.29 is 4.42 Å². The van der Waals surface area contributed by atoms with Crippen LogP contribution in [0.5, 0.6) is 0 Å². The van der Waals surface area contributed by atoms with Gasteiger partial charge in [0, 0.05) is 24.7 Å². The summed E-state index contributed by atoms with van der Waals surface area (Å²) < 4.78 is 7.90. The lowest BCUT2D eigenvalue weighted by Crippen LogP contribution is -2.02. The summed E-state index contributed by atoms with van der Waals surface area (Å²) in [7, 11) is 0. The minimum absolute atomic E-state index is 0.300. The van der Waals surface area contributed by atoms with Gasteiger partial charge in [0.2, 0.25) is 5.89 Å². The third-order valence-corrected chi connectivity index (χ3v) is 3.85. The molecule has 0 N–H and O–H groups in total. The van der Waals surface area contributed by atoms with E-state index in [9.17, 15) is 0 Å². The van der Waals surface area contributed by atoms with Crippen LogP contribution in [0.3, 0.4) is 0 Å². The Morgan fingerprint density at radius 3 is 2.71 bits per heavy atom. The standard InChI is InChI=1S/C15H8BrClN6O/c16-12-7-11(23(22-12)13-10(17)4-2-6-19-13)15-21-20-14(24-15)9-3-1-5-18-8-9/h1-8H. The van der Waals surface area contributed by atoms with E-state index in [1.807, 2.05) is 6.07 Å². The molecule has 4 aromatic rings. The van der Waals surface area contributed by atoms with Gasteiger partial charge in [-0.15, -0.1) is 10.2 Å². The fourth-order valence-corrected chi connectivity index (χ4v) is 2.71. The summed E-state index contributed by atoms with van der Waals surface area (Å²) in [6.45, 7) is 0. The zero-order valence-corrected chi connectivity index (χ0v) is 14.3. The van der Waals surface area contributed by atoms with Crippen molar-refractivity contribution in [3.63, 3.8) is 0 Å². The summed E-state index contributed by atoms with van der Waals surface area (Å²) in [4.78, 5) is 8.30. The Balaban J connectivity index is 1.81. The van der Waals surface area contributed by atoms with Gasteiger partial charge in [0.1, 0.15) is 10.3 Å². The Morgan fingerprint density at radius 2 is 1.92 bits per heavy atom. The quantitative estimate of drug-likeness (QED) is 0.517. The maximum absolute atomic E-state index is 6.22. The first-order valence-electron chi connectivity index (χ1n) is 6.83. The normalized spacial score (nSPS) is 10.9. The maximum Gasteiger partial charge on any atom is 0.266 e. The molecule has 0 radical (unpaired) electrons. The molecule has 0 bridgehead atoms. The van der Waals surface area contributed by atoms with Gasteiger partial charge in [-0.2, -0.15) is 5.10 Å². The molecule has 0 saturated carbocycles. The predicted molar refractivity (Wildman–Crippen MR) is 90.6 cm³/mol. The van der Waals surface area contributed by atoms with Crippen LogP contribution in [0.25, 0.3) is 28.9 Å². The zero-order valence-electron chi connectivity index (χ0n) is 12.0. The van der Waals surface area contributed by atoms with Gasteiger partial charge in [0.25, 0.3) is 5.89 Å². The SMILES string of the molecule is Clc1cccnc1-n1nc(Br)cc1-c1nnc(-c2cccnc2)o1. The summed E-state index contributed by atoms with van der Waals surface area (Å²) in [5, 5.41) is 13.0. The maximum atomic E-state index is 6.22. The first kappa shape index (κ1) is 15.0. The Hall–Kier alpha value is -2.58. The third-order valence-electron chi connectivity index (χ3n) is 3.17. The van der Waals surface area contributed by atoms with Crippen LogP contribution in [0, 0.1) is 0 Å². The van der Waals surface area contributed by atoms with Gasteiger partial charge < -0.3 is 4.42 Å². The third kappa shape index (κ3) is 2.70. The van der Waals surface area contributed by atoms with E-state index in [-0.39, 0.29) is 0 Å². The lowest BCUT2D eigenvalue weighted by atomic mass is 10.3. The van der Waals surface area contributed by atoms with Crippen LogP contribution in [0.2, 0.25) is 5.02 Å². The van der Waals surface area contributed by atoms with Crippen molar-refractivity contribution in [3.8, 4) is 28.9 Å². The topological polar surface area (TPSA) is 82.5 Å². The highest BCUT2D eigenvalue weighted by Crippen LogP contribution is 2.29. The summed E-state index contributed by atoms with van der Waals surface area (Å²) >= 11 is 9.57. The van der Waals surface area contributed by atoms with E-state index in [0.29, 0.717) is 32.9 Å². The molecule has 24 heavy (non-hydrogen) atoms. The number of aromatic nitrogens is 6. The van der Waals surface area contributed by atoms with Crippen LogP contribution in [0.4, 0.5) is 0 Å². The lowest BCUT2D eigenvalue weighted by Gasteiger charge is -2.04.